The van der Waals surface area contributed by atoms with Gasteiger partial charge in [-0.15, -0.1) is 0 Å². The predicted octanol–water partition coefficient (Wildman–Crippen LogP) is 0.351. The fourth-order valence-electron chi connectivity index (χ4n) is 2.68. The Balaban J connectivity index is 2.00. The number of hydrogen-bond donors (Lipinski definition) is 1. The summed E-state index contributed by atoms with van der Waals surface area (Å²) in [5, 5.41) is 0. The van der Waals surface area contributed by atoms with Crippen LogP contribution in [0.3, 0.4) is 0 Å². The first kappa shape index (κ1) is 15.2. The molecule has 1 aliphatic heterocycles. The first-order valence-electron chi connectivity index (χ1n) is 7.11. The Hall–Kier alpha value is -1.24. The molecule has 1 saturated heterocycles. The maximum atomic E-state index is 6.00. The molecular formula is C14H25N5O. The number of nitrogens with two attached hydrogens (primary N) is 1. The molecule has 2 unspecified atom stereocenters. The van der Waals surface area contributed by atoms with Gasteiger partial charge in [-0.3, -0.25) is 4.90 Å². The summed E-state index contributed by atoms with van der Waals surface area (Å²) in [5.74, 6) is 0.807. The quantitative estimate of drug-likeness (QED) is 0.839. The Labute approximate surface area is 120 Å². The number of ether oxygens (including phenoxy) is 1. The topological polar surface area (TPSA) is 67.5 Å². The van der Waals surface area contributed by atoms with E-state index >= 15 is 0 Å². The second-order valence-electron chi connectivity index (χ2n) is 5.46. The van der Waals surface area contributed by atoms with E-state index in [1.54, 1.807) is 19.5 Å². The highest BCUT2D eigenvalue weighted by Crippen LogP contribution is 2.23. The predicted molar refractivity (Wildman–Crippen MR) is 79.7 cm³/mol. The molecule has 20 heavy (non-hydrogen) atoms. The van der Waals surface area contributed by atoms with Crippen molar-refractivity contribution in [2.75, 3.05) is 44.7 Å². The summed E-state index contributed by atoms with van der Waals surface area (Å²) in [6.07, 6.45) is 3.67. The minimum absolute atomic E-state index is 0.104. The first-order valence-corrected chi connectivity index (χ1v) is 7.11. The van der Waals surface area contributed by atoms with Crippen LogP contribution in [-0.4, -0.2) is 66.3 Å². The number of anilines is 1. The molecule has 2 N–H and O–H groups in total. The van der Waals surface area contributed by atoms with Crippen LogP contribution in [-0.2, 0) is 4.74 Å². The number of methoxy groups -OCH3 is 1. The van der Waals surface area contributed by atoms with E-state index in [9.17, 15) is 0 Å². The molecule has 2 atom stereocenters. The minimum atomic E-state index is -0.127. The fourth-order valence-corrected chi connectivity index (χ4v) is 2.68. The Morgan fingerprint density at radius 1 is 1.30 bits per heavy atom. The Morgan fingerprint density at radius 3 is 2.40 bits per heavy atom. The summed E-state index contributed by atoms with van der Waals surface area (Å²) in [4.78, 5) is 13.2. The summed E-state index contributed by atoms with van der Waals surface area (Å²) in [6, 6.07) is 1.84. The van der Waals surface area contributed by atoms with Gasteiger partial charge in [-0.25, -0.2) is 9.97 Å². The van der Waals surface area contributed by atoms with Crippen LogP contribution < -0.4 is 10.6 Å². The number of rotatable bonds is 5. The molecule has 6 heteroatoms. The normalized spacial score (nSPS) is 21.5. The van der Waals surface area contributed by atoms with Crippen LogP contribution in [0.5, 0.6) is 0 Å². The van der Waals surface area contributed by atoms with Crippen molar-refractivity contribution in [3.8, 4) is 0 Å². The van der Waals surface area contributed by atoms with Gasteiger partial charge >= 0.3 is 0 Å². The van der Waals surface area contributed by atoms with Gasteiger partial charge in [-0.1, -0.05) is 0 Å². The lowest BCUT2D eigenvalue weighted by atomic mass is 9.92. The van der Waals surface area contributed by atoms with Crippen molar-refractivity contribution < 1.29 is 4.74 Å². The molecule has 2 rings (SSSR count). The SMILES string of the molecule is COC(C)C(C)(CN)N1CCN(c2ncccn2)CC1. The molecule has 1 aliphatic rings. The van der Waals surface area contributed by atoms with E-state index in [1.807, 2.05) is 6.07 Å². The molecule has 0 aromatic carbocycles. The average Bonchev–Trinajstić information content (AvgIpc) is 2.54. The molecule has 2 heterocycles. The third-order valence-electron chi connectivity index (χ3n) is 4.48. The van der Waals surface area contributed by atoms with Crippen LogP contribution in [0.1, 0.15) is 13.8 Å². The van der Waals surface area contributed by atoms with Crippen molar-refractivity contribution in [3.05, 3.63) is 18.5 Å². The number of hydrogen-bond acceptors (Lipinski definition) is 6. The van der Waals surface area contributed by atoms with Crippen molar-refractivity contribution in [3.63, 3.8) is 0 Å². The van der Waals surface area contributed by atoms with E-state index in [4.69, 9.17) is 10.5 Å². The minimum Gasteiger partial charge on any atom is -0.380 e. The van der Waals surface area contributed by atoms with Gasteiger partial charge in [0.05, 0.1) is 11.6 Å². The largest absolute Gasteiger partial charge is 0.380 e. The van der Waals surface area contributed by atoms with Gasteiger partial charge in [0, 0.05) is 52.2 Å². The molecule has 0 aliphatic carbocycles. The standard InChI is InChI=1S/C14H25N5O/c1-12(20-3)14(2,11-15)19-9-7-18(8-10-19)13-16-5-4-6-17-13/h4-6,12H,7-11,15H2,1-3H3. The van der Waals surface area contributed by atoms with Gasteiger partial charge in [0.25, 0.3) is 0 Å². The molecule has 0 amide bonds. The summed E-state index contributed by atoms with van der Waals surface area (Å²) in [6.45, 7) is 8.56. The third kappa shape index (κ3) is 2.92. The Bertz CT molecular complexity index is 407. The van der Waals surface area contributed by atoms with E-state index < -0.39 is 0 Å². The smallest absolute Gasteiger partial charge is 0.225 e. The zero-order valence-electron chi connectivity index (χ0n) is 12.6. The van der Waals surface area contributed by atoms with Crippen molar-refractivity contribution in [1.29, 1.82) is 0 Å². The molecule has 0 saturated carbocycles. The van der Waals surface area contributed by atoms with Crippen LogP contribution in [0.15, 0.2) is 18.5 Å². The van der Waals surface area contributed by atoms with Crippen LogP contribution in [0.2, 0.25) is 0 Å². The highest BCUT2D eigenvalue weighted by molar-refractivity contribution is 5.29. The van der Waals surface area contributed by atoms with Gasteiger partial charge < -0.3 is 15.4 Å². The average molecular weight is 279 g/mol. The molecular weight excluding hydrogens is 254 g/mol. The zero-order valence-corrected chi connectivity index (χ0v) is 12.6. The summed E-state index contributed by atoms with van der Waals surface area (Å²) in [5.41, 5.74) is 5.87. The lowest BCUT2D eigenvalue weighted by molar-refractivity contribution is -0.0334. The van der Waals surface area contributed by atoms with Crippen molar-refractivity contribution in [2.45, 2.75) is 25.5 Å². The molecule has 1 aromatic heterocycles. The maximum absolute atomic E-state index is 6.00. The van der Waals surface area contributed by atoms with E-state index in [2.05, 4.69) is 33.6 Å². The monoisotopic (exact) mass is 279 g/mol. The third-order valence-corrected chi connectivity index (χ3v) is 4.48. The van der Waals surface area contributed by atoms with Gasteiger partial charge in [-0.05, 0) is 19.9 Å². The maximum Gasteiger partial charge on any atom is 0.225 e. The van der Waals surface area contributed by atoms with E-state index in [-0.39, 0.29) is 11.6 Å². The van der Waals surface area contributed by atoms with E-state index in [0.717, 1.165) is 32.1 Å². The van der Waals surface area contributed by atoms with Gasteiger partial charge in [-0.2, -0.15) is 0 Å². The second-order valence-corrected chi connectivity index (χ2v) is 5.46. The van der Waals surface area contributed by atoms with Crippen molar-refractivity contribution in [1.82, 2.24) is 14.9 Å². The second kappa shape index (κ2) is 6.47. The highest BCUT2D eigenvalue weighted by Gasteiger charge is 2.38. The summed E-state index contributed by atoms with van der Waals surface area (Å²) >= 11 is 0. The molecule has 112 valence electrons. The van der Waals surface area contributed by atoms with Crippen LogP contribution in [0.25, 0.3) is 0 Å². The summed E-state index contributed by atoms with van der Waals surface area (Å²) < 4.78 is 5.51. The molecule has 1 aromatic rings. The van der Waals surface area contributed by atoms with E-state index in [0.29, 0.717) is 6.54 Å². The van der Waals surface area contributed by atoms with Crippen LogP contribution >= 0.6 is 0 Å². The number of piperazine rings is 1. The number of nitrogens with zero attached hydrogens (tertiary/aromatic N) is 4. The number of aromatic nitrogens is 2. The lowest BCUT2D eigenvalue weighted by Gasteiger charge is -2.47. The van der Waals surface area contributed by atoms with E-state index in [1.165, 1.54) is 0 Å². The Morgan fingerprint density at radius 2 is 1.90 bits per heavy atom. The molecule has 6 nitrogen and oxygen atoms in total. The fraction of sp³-hybridized carbons (Fsp3) is 0.714. The molecule has 0 spiro atoms. The molecule has 1 fully saturated rings. The zero-order chi connectivity index (χ0) is 14.6. The molecule has 0 radical (unpaired) electrons. The first-order chi connectivity index (χ1) is 9.61. The summed E-state index contributed by atoms with van der Waals surface area (Å²) in [7, 11) is 1.74. The lowest BCUT2D eigenvalue weighted by Crippen LogP contribution is -2.63. The highest BCUT2D eigenvalue weighted by atomic mass is 16.5. The van der Waals surface area contributed by atoms with Crippen molar-refractivity contribution >= 4 is 5.95 Å². The van der Waals surface area contributed by atoms with Crippen molar-refractivity contribution in [2.24, 2.45) is 5.73 Å². The van der Waals surface area contributed by atoms with Gasteiger partial charge in [0.2, 0.25) is 5.95 Å². The van der Waals surface area contributed by atoms with Crippen LogP contribution in [0, 0.1) is 0 Å². The van der Waals surface area contributed by atoms with Gasteiger partial charge in [0.1, 0.15) is 0 Å². The molecule has 0 bridgehead atoms. The van der Waals surface area contributed by atoms with Crippen LogP contribution in [0.4, 0.5) is 5.95 Å². The van der Waals surface area contributed by atoms with Gasteiger partial charge in [0.15, 0.2) is 0 Å². The Kier molecular flexibility index (Phi) is 4.91.